The quantitative estimate of drug-likeness (QED) is 0.196. The van der Waals surface area contributed by atoms with Gasteiger partial charge in [0, 0.05) is 21.6 Å². The maximum atomic E-state index is 12.7. The molecule has 0 spiro atoms. The number of ether oxygens (including phenoxy) is 1. The van der Waals surface area contributed by atoms with Gasteiger partial charge in [-0.25, -0.2) is 4.79 Å². The van der Waals surface area contributed by atoms with E-state index >= 15 is 0 Å². The first-order chi connectivity index (χ1) is 10.5. The third kappa shape index (κ3) is 7.54. The second-order valence-corrected chi connectivity index (χ2v) is 4.30. The molecule has 3 atom stereocenters. The second-order valence-electron chi connectivity index (χ2n) is 4.30. The van der Waals surface area contributed by atoms with E-state index in [-0.39, 0.29) is 0 Å². The van der Waals surface area contributed by atoms with Crippen LogP contribution in [0.4, 0.5) is 35.9 Å². The normalized spacial score (nSPS) is 16.0. The minimum Gasteiger partial charge on any atom is -0.436 e. The van der Waals surface area contributed by atoms with Crippen LogP contribution in [0.25, 0.3) is 0 Å². The molecule has 6 nitrogen and oxygen atoms in total. The molecule has 23 heavy (non-hydrogen) atoms. The first-order valence-electron chi connectivity index (χ1n) is 5.75. The molecule has 0 aliphatic carbocycles. The molecule has 0 saturated carbocycles. The van der Waals surface area contributed by atoms with Crippen molar-refractivity contribution in [3.05, 3.63) is 12.2 Å². The number of nitrogens with zero attached hydrogens (tertiary/aromatic N) is 4. The van der Waals surface area contributed by atoms with Crippen molar-refractivity contribution in [2.45, 2.75) is 31.7 Å². The molecule has 0 N–H and O–H groups in total. The van der Waals surface area contributed by atoms with E-state index in [4.69, 9.17) is 0 Å². The van der Waals surface area contributed by atoms with Gasteiger partial charge < -0.3 is 4.74 Å². The van der Waals surface area contributed by atoms with Crippen LogP contribution in [0.5, 0.6) is 0 Å². The van der Waals surface area contributed by atoms with E-state index in [0.29, 0.717) is 0 Å². The Bertz CT molecular complexity index is 398. The maximum absolute atomic E-state index is 12.7. The van der Waals surface area contributed by atoms with Crippen LogP contribution in [-0.2, 0) is 9.53 Å². The predicted molar refractivity (Wildman–Crippen MR) is 58.0 cm³/mol. The number of carbonyl (C=O) groups excluding carboxylic acids is 1. The average Bonchev–Trinajstić information content (AvgIpc) is 2.39. The summed E-state index contributed by atoms with van der Waals surface area (Å²) in [7, 11) is 0. The molecule has 0 heterocycles. The zero-order valence-corrected chi connectivity index (χ0v) is 11.5. The van der Waals surface area contributed by atoms with Crippen molar-refractivity contribution < 1.29 is 45.4 Å². The smallest absolute Gasteiger partial charge is 0.334 e. The van der Waals surface area contributed by atoms with Gasteiger partial charge in [-0.2, -0.15) is 0 Å². The van der Waals surface area contributed by atoms with Gasteiger partial charge in [0.15, 0.2) is 0 Å². The Hall–Kier alpha value is -1.51. The third-order valence-corrected chi connectivity index (χ3v) is 2.49. The number of hydrogen-bond acceptors (Lipinski definition) is 6. The van der Waals surface area contributed by atoms with Gasteiger partial charge in [-0.05, 0) is 13.3 Å². The summed E-state index contributed by atoms with van der Waals surface area (Å²) in [6, 6.07) is -5.35. The number of carbonyl (C=O) groups is 1. The standard InChI is InChI=1S/C9H12F8N4O2/c1-5(2)9(22)23-8(21(16)17)7(20(14)15)3-6(19(12)13)4-18(10)11/h6-8H,1,3-4H2,2H3. The number of rotatable bonds is 10. The molecule has 0 fully saturated rings. The molecule has 0 amide bonds. The zero-order valence-electron chi connectivity index (χ0n) is 11.5. The van der Waals surface area contributed by atoms with E-state index in [1.165, 1.54) is 0 Å². The summed E-state index contributed by atoms with van der Waals surface area (Å²) in [5.41, 5.74) is -0.423. The number of halogens is 8. The van der Waals surface area contributed by atoms with Crippen LogP contribution in [-0.4, -0.2) is 52.2 Å². The highest BCUT2D eigenvalue weighted by Gasteiger charge is 2.41. The molecule has 0 saturated heterocycles. The molecule has 0 aromatic heterocycles. The molecular weight excluding hydrogens is 348 g/mol. The van der Waals surface area contributed by atoms with Crippen molar-refractivity contribution in [1.82, 2.24) is 21.4 Å². The molecule has 136 valence electrons. The van der Waals surface area contributed by atoms with Crippen LogP contribution in [0.15, 0.2) is 12.2 Å². The van der Waals surface area contributed by atoms with Gasteiger partial charge in [0.1, 0.15) is 6.04 Å². The summed E-state index contributed by atoms with van der Waals surface area (Å²) < 4.78 is 104. The molecule has 0 aliphatic rings. The lowest BCUT2D eigenvalue weighted by molar-refractivity contribution is -0.317. The Balaban J connectivity index is 5.28. The van der Waals surface area contributed by atoms with Crippen molar-refractivity contribution in [2.24, 2.45) is 0 Å². The second kappa shape index (κ2) is 9.59. The maximum Gasteiger partial charge on any atom is 0.334 e. The van der Waals surface area contributed by atoms with Crippen molar-refractivity contribution in [2.75, 3.05) is 6.54 Å². The molecule has 0 bridgehead atoms. The largest absolute Gasteiger partial charge is 0.436 e. The average molecular weight is 360 g/mol. The van der Waals surface area contributed by atoms with Gasteiger partial charge in [0.25, 0.3) is 0 Å². The van der Waals surface area contributed by atoms with Crippen molar-refractivity contribution in [3.8, 4) is 0 Å². The highest BCUT2D eigenvalue weighted by Crippen LogP contribution is 2.23. The molecule has 0 rings (SSSR count). The lowest BCUT2D eigenvalue weighted by Crippen LogP contribution is -2.48. The topological polar surface area (TPSA) is 39.3 Å². The molecule has 0 radical (unpaired) electrons. The molecular formula is C9H12F8N4O2. The van der Waals surface area contributed by atoms with Gasteiger partial charge in [-0.1, -0.05) is 15.5 Å². The molecule has 0 aliphatic heterocycles. The summed E-state index contributed by atoms with van der Waals surface area (Å²) in [6.07, 6.45) is -4.55. The van der Waals surface area contributed by atoms with Crippen molar-refractivity contribution in [1.29, 1.82) is 0 Å². The first-order valence-corrected chi connectivity index (χ1v) is 5.75. The minimum atomic E-state index is -2.98. The summed E-state index contributed by atoms with van der Waals surface area (Å²) in [5.74, 6) is -1.49. The Morgan fingerprint density at radius 3 is 1.83 bits per heavy atom. The van der Waals surface area contributed by atoms with Gasteiger partial charge in [0.2, 0.25) is 6.23 Å². The summed E-state index contributed by atoms with van der Waals surface area (Å²) in [6.45, 7) is 2.34. The summed E-state index contributed by atoms with van der Waals surface area (Å²) in [4.78, 5) is 11.2. The fourth-order valence-electron chi connectivity index (χ4n) is 1.41. The van der Waals surface area contributed by atoms with Crippen LogP contribution in [0.2, 0.25) is 0 Å². The Kier molecular flexibility index (Phi) is 8.96. The highest BCUT2D eigenvalue weighted by molar-refractivity contribution is 5.87. The van der Waals surface area contributed by atoms with Crippen LogP contribution in [0.3, 0.4) is 0 Å². The van der Waals surface area contributed by atoms with E-state index in [1.54, 1.807) is 0 Å². The van der Waals surface area contributed by atoms with Crippen molar-refractivity contribution in [3.63, 3.8) is 0 Å². The SMILES string of the molecule is C=C(C)C(=O)OC(C(CC(CN(F)F)N(F)F)N(F)F)N(F)F. The van der Waals surface area contributed by atoms with Crippen LogP contribution in [0.1, 0.15) is 13.3 Å². The summed E-state index contributed by atoms with van der Waals surface area (Å²) in [5, 5.41) is -7.45. The van der Waals surface area contributed by atoms with E-state index in [0.717, 1.165) is 6.92 Å². The van der Waals surface area contributed by atoms with Gasteiger partial charge >= 0.3 is 5.97 Å². The fourth-order valence-corrected chi connectivity index (χ4v) is 1.41. The Morgan fingerprint density at radius 1 is 1.00 bits per heavy atom. The van der Waals surface area contributed by atoms with E-state index in [9.17, 15) is 40.6 Å². The van der Waals surface area contributed by atoms with Gasteiger partial charge in [0.05, 0.1) is 17.9 Å². The highest BCUT2D eigenvalue weighted by atomic mass is 19.4. The van der Waals surface area contributed by atoms with Crippen molar-refractivity contribution >= 4 is 5.97 Å². The first kappa shape index (κ1) is 21.5. The van der Waals surface area contributed by atoms with E-state index in [2.05, 4.69) is 11.3 Å². The Morgan fingerprint density at radius 2 is 1.52 bits per heavy atom. The van der Waals surface area contributed by atoms with E-state index < -0.39 is 64.2 Å². The lowest BCUT2D eigenvalue weighted by Gasteiger charge is -2.29. The van der Waals surface area contributed by atoms with Gasteiger partial charge in [-0.3, -0.25) is 0 Å². The molecule has 0 aromatic rings. The molecule has 3 unspecified atom stereocenters. The van der Waals surface area contributed by atoms with Crippen LogP contribution in [0, 0.1) is 0 Å². The summed E-state index contributed by atoms with van der Waals surface area (Å²) >= 11 is 0. The third-order valence-electron chi connectivity index (χ3n) is 2.49. The van der Waals surface area contributed by atoms with E-state index in [1.807, 2.05) is 0 Å². The molecule has 14 heteroatoms. The minimum absolute atomic E-state index is 0.423. The monoisotopic (exact) mass is 360 g/mol. The predicted octanol–water partition coefficient (Wildman–Crippen LogP) is 2.84. The number of hydrogen-bond donors (Lipinski definition) is 0. The molecule has 0 aromatic carbocycles. The fraction of sp³-hybridized carbons (Fsp3) is 0.667. The Labute approximate surface area is 124 Å². The van der Waals surface area contributed by atoms with Crippen LogP contribution < -0.4 is 0 Å². The lowest BCUT2D eigenvalue weighted by atomic mass is 10.1. The van der Waals surface area contributed by atoms with Gasteiger partial charge in [-0.15, -0.1) is 26.9 Å². The van der Waals surface area contributed by atoms with Crippen LogP contribution >= 0.6 is 0 Å². The number of esters is 1. The zero-order chi connectivity index (χ0) is 18.3.